The van der Waals surface area contributed by atoms with E-state index in [0.29, 0.717) is 13.2 Å². The van der Waals surface area contributed by atoms with Crippen LogP contribution in [0.25, 0.3) is 33.5 Å². The number of aromatic nitrogens is 4. The van der Waals surface area contributed by atoms with Gasteiger partial charge in [0.05, 0.1) is 29.8 Å². The van der Waals surface area contributed by atoms with Crippen LogP contribution in [0.5, 0.6) is 0 Å². The molecule has 1 aliphatic heterocycles. The van der Waals surface area contributed by atoms with Gasteiger partial charge in [0.25, 0.3) is 0 Å². The summed E-state index contributed by atoms with van der Waals surface area (Å²) >= 11 is 0. The van der Waals surface area contributed by atoms with Crippen LogP contribution in [0.15, 0.2) is 66.7 Å². The molecule has 0 unspecified atom stereocenters. The smallest absolute Gasteiger partial charge is 0.159 e. The van der Waals surface area contributed by atoms with Crippen molar-refractivity contribution in [2.24, 2.45) is 0 Å². The molecule has 0 amide bonds. The first-order valence-corrected chi connectivity index (χ1v) is 11.8. The number of piperazine rings is 1. The summed E-state index contributed by atoms with van der Waals surface area (Å²) in [6.45, 7) is 5.40. The molecule has 1 aliphatic rings. The molecule has 7 nitrogen and oxygen atoms in total. The Kier molecular flexibility index (Phi) is 5.49. The lowest BCUT2D eigenvalue weighted by atomic mass is 10.1. The minimum absolute atomic E-state index is 0.546. The highest BCUT2D eigenvalue weighted by molar-refractivity contribution is 5.93. The fourth-order valence-corrected chi connectivity index (χ4v) is 4.56. The van der Waals surface area contributed by atoms with Crippen molar-refractivity contribution in [1.29, 1.82) is 0 Å². The highest BCUT2D eigenvalue weighted by atomic mass is 16.5. The molecule has 172 valence electrons. The number of H-pyrrole nitrogens is 2. The predicted molar refractivity (Wildman–Crippen MR) is 136 cm³/mol. The number of benzene rings is 3. The zero-order valence-electron chi connectivity index (χ0n) is 19.3. The van der Waals surface area contributed by atoms with Gasteiger partial charge < -0.3 is 19.5 Å². The second-order valence-corrected chi connectivity index (χ2v) is 9.01. The van der Waals surface area contributed by atoms with E-state index in [2.05, 4.69) is 80.6 Å². The molecule has 1 fully saturated rings. The SMILES string of the molecule is CN1CCN(c2ccc3nc(-c4n[nH]c5ccc(COCc6ccccc6)cc45)[nH]c3c2)CC1. The van der Waals surface area contributed by atoms with Gasteiger partial charge >= 0.3 is 0 Å². The fourth-order valence-electron chi connectivity index (χ4n) is 4.56. The number of ether oxygens (including phenoxy) is 1. The molecule has 0 radical (unpaired) electrons. The van der Waals surface area contributed by atoms with Crippen molar-refractivity contribution in [3.63, 3.8) is 0 Å². The van der Waals surface area contributed by atoms with E-state index in [1.165, 1.54) is 11.3 Å². The van der Waals surface area contributed by atoms with Gasteiger partial charge in [-0.25, -0.2) is 4.98 Å². The van der Waals surface area contributed by atoms with Crippen LogP contribution in [-0.2, 0) is 18.0 Å². The van der Waals surface area contributed by atoms with Gasteiger partial charge in [-0.05, 0) is 48.5 Å². The molecule has 0 bridgehead atoms. The van der Waals surface area contributed by atoms with Crippen LogP contribution < -0.4 is 4.90 Å². The van der Waals surface area contributed by atoms with Gasteiger partial charge in [0.2, 0.25) is 0 Å². The van der Waals surface area contributed by atoms with Crippen molar-refractivity contribution in [3.05, 3.63) is 77.9 Å². The molecule has 0 aliphatic carbocycles. The first-order chi connectivity index (χ1) is 16.7. The van der Waals surface area contributed by atoms with Crippen molar-refractivity contribution in [2.75, 3.05) is 38.1 Å². The van der Waals surface area contributed by atoms with E-state index in [9.17, 15) is 0 Å². The molecule has 3 heterocycles. The number of nitrogens with zero attached hydrogens (tertiary/aromatic N) is 4. The van der Waals surface area contributed by atoms with E-state index >= 15 is 0 Å². The number of imidazole rings is 1. The summed E-state index contributed by atoms with van der Waals surface area (Å²) in [5, 5.41) is 8.76. The third kappa shape index (κ3) is 4.16. The summed E-state index contributed by atoms with van der Waals surface area (Å²) in [6, 6.07) is 23.0. The molecule has 2 aromatic heterocycles. The lowest BCUT2D eigenvalue weighted by Gasteiger charge is -2.34. The molecule has 34 heavy (non-hydrogen) atoms. The van der Waals surface area contributed by atoms with E-state index < -0.39 is 0 Å². The summed E-state index contributed by atoms with van der Waals surface area (Å²) in [7, 11) is 2.18. The monoisotopic (exact) mass is 452 g/mol. The Morgan fingerprint density at radius 2 is 1.68 bits per heavy atom. The van der Waals surface area contributed by atoms with Gasteiger partial charge in [0.15, 0.2) is 5.82 Å². The number of aromatic amines is 2. The van der Waals surface area contributed by atoms with Crippen molar-refractivity contribution in [2.45, 2.75) is 13.2 Å². The summed E-state index contributed by atoms with van der Waals surface area (Å²) < 4.78 is 5.94. The van der Waals surface area contributed by atoms with Crippen LogP contribution in [0.2, 0.25) is 0 Å². The average molecular weight is 453 g/mol. The Labute approximate surface area is 198 Å². The zero-order valence-corrected chi connectivity index (χ0v) is 19.3. The standard InChI is InChI=1S/C27H28N6O/c1-32-11-13-33(14-12-32)21-8-10-24-25(16-21)29-27(28-24)26-22-15-20(7-9-23(22)30-31-26)18-34-17-19-5-3-2-4-6-19/h2-10,15-16H,11-14,17-18H2,1H3,(H,28,29)(H,30,31). The van der Waals surface area contributed by atoms with Gasteiger partial charge in [-0.1, -0.05) is 36.4 Å². The quantitative estimate of drug-likeness (QED) is 0.395. The lowest BCUT2D eigenvalue weighted by molar-refractivity contribution is 0.107. The highest BCUT2D eigenvalue weighted by Crippen LogP contribution is 2.29. The second-order valence-electron chi connectivity index (χ2n) is 9.01. The lowest BCUT2D eigenvalue weighted by Crippen LogP contribution is -2.44. The van der Waals surface area contributed by atoms with Crippen LogP contribution in [0.4, 0.5) is 5.69 Å². The molecule has 0 atom stereocenters. The molecular weight excluding hydrogens is 424 g/mol. The Morgan fingerprint density at radius 3 is 2.53 bits per heavy atom. The summed E-state index contributed by atoms with van der Waals surface area (Å²) in [4.78, 5) is 13.1. The molecule has 0 spiro atoms. The minimum atomic E-state index is 0.546. The summed E-state index contributed by atoms with van der Waals surface area (Å²) in [6.07, 6.45) is 0. The number of rotatable bonds is 6. The molecule has 0 saturated carbocycles. The molecule has 7 heteroatoms. The highest BCUT2D eigenvalue weighted by Gasteiger charge is 2.17. The van der Waals surface area contributed by atoms with Gasteiger partial charge in [-0.15, -0.1) is 0 Å². The van der Waals surface area contributed by atoms with E-state index in [4.69, 9.17) is 9.72 Å². The van der Waals surface area contributed by atoms with Gasteiger partial charge in [-0.3, -0.25) is 5.10 Å². The molecule has 5 aromatic rings. The van der Waals surface area contributed by atoms with E-state index in [0.717, 1.165) is 65.2 Å². The Balaban J connectivity index is 1.24. The van der Waals surface area contributed by atoms with Crippen molar-refractivity contribution in [3.8, 4) is 11.5 Å². The van der Waals surface area contributed by atoms with E-state index in [-0.39, 0.29) is 0 Å². The van der Waals surface area contributed by atoms with Crippen molar-refractivity contribution < 1.29 is 4.74 Å². The molecule has 3 aromatic carbocycles. The van der Waals surface area contributed by atoms with Crippen LogP contribution in [-0.4, -0.2) is 58.3 Å². The Bertz CT molecular complexity index is 1420. The van der Waals surface area contributed by atoms with Gasteiger partial charge in [-0.2, -0.15) is 5.10 Å². The normalized spacial score (nSPS) is 14.9. The number of hydrogen-bond acceptors (Lipinski definition) is 5. The zero-order chi connectivity index (χ0) is 22.9. The van der Waals surface area contributed by atoms with Crippen molar-refractivity contribution in [1.82, 2.24) is 25.1 Å². The first kappa shape index (κ1) is 20.9. The number of anilines is 1. The minimum Gasteiger partial charge on any atom is -0.372 e. The Morgan fingerprint density at radius 1 is 0.853 bits per heavy atom. The fraction of sp³-hybridized carbons (Fsp3) is 0.259. The van der Waals surface area contributed by atoms with Crippen LogP contribution in [0, 0.1) is 0 Å². The number of fused-ring (bicyclic) bond motifs is 2. The largest absolute Gasteiger partial charge is 0.372 e. The maximum Gasteiger partial charge on any atom is 0.159 e. The average Bonchev–Trinajstić information content (AvgIpc) is 3.48. The van der Waals surface area contributed by atoms with Crippen LogP contribution >= 0.6 is 0 Å². The molecule has 1 saturated heterocycles. The van der Waals surface area contributed by atoms with Gasteiger partial charge in [0.1, 0.15) is 5.69 Å². The maximum absolute atomic E-state index is 5.94. The van der Waals surface area contributed by atoms with E-state index in [1.807, 2.05) is 18.2 Å². The number of nitrogens with one attached hydrogen (secondary N) is 2. The number of hydrogen-bond donors (Lipinski definition) is 2. The van der Waals surface area contributed by atoms with Crippen LogP contribution in [0.3, 0.4) is 0 Å². The second kappa shape index (κ2) is 8.93. The van der Waals surface area contributed by atoms with Crippen LogP contribution in [0.1, 0.15) is 11.1 Å². The maximum atomic E-state index is 5.94. The van der Waals surface area contributed by atoms with E-state index in [1.54, 1.807) is 0 Å². The molecule has 2 N–H and O–H groups in total. The van der Waals surface area contributed by atoms with Crippen molar-refractivity contribution >= 4 is 27.6 Å². The first-order valence-electron chi connectivity index (χ1n) is 11.8. The number of likely N-dealkylation sites (N-methyl/N-ethyl adjacent to an activating group) is 1. The summed E-state index contributed by atoms with van der Waals surface area (Å²) in [5.41, 5.74) is 7.32. The predicted octanol–water partition coefficient (Wildman–Crippen LogP) is 4.57. The summed E-state index contributed by atoms with van der Waals surface area (Å²) in [5.74, 6) is 0.777. The van der Waals surface area contributed by atoms with Gasteiger partial charge in [0, 0.05) is 37.3 Å². The molecular formula is C27H28N6O. The third-order valence-electron chi connectivity index (χ3n) is 6.57. The third-order valence-corrected chi connectivity index (χ3v) is 6.57. The topological polar surface area (TPSA) is 73.1 Å². The Hall–Kier alpha value is -3.68. The molecule has 6 rings (SSSR count).